The van der Waals surface area contributed by atoms with Crippen molar-refractivity contribution < 1.29 is 24.3 Å². The van der Waals surface area contributed by atoms with Crippen LogP contribution in [0.4, 0.5) is 0 Å². The standard InChI is InChI=1S/C18H35N5O5/c1-10(2)13(15(25)22-12(16(26)27)8-6-7-9-19)23-14(24)11(3)21-17(28)18(4,5)20/h10-13H,6-9,19-20H2,1-5H3,(H,21,28)(H,22,25)(H,23,24)(H,26,27)/t11-,12-,13-/m0/s1. The van der Waals surface area contributed by atoms with Gasteiger partial charge in [-0.15, -0.1) is 0 Å². The maximum absolute atomic E-state index is 12.6. The lowest BCUT2D eigenvalue weighted by molar-refractivity contribution is -0.142. The number of carbonyl (C=O) groups is 4. The zero-order valence-corrected chi connectivity index (χ0v) is 17.4. The van der Waals surface area contributed by atoms with Gasteiger partial charge in [-0.05, 0) is 52.5 Å². The van der Waals surface area contributed by atoms with Gasteiger partial charge < -0.3 is 32.5 Å². The third kappa shape index (κ3) is 9.14. The summed E-state index contributed by atoms with van der Waals surface area (Å²) in [7, 11) is 0. The molecule has 0 aliphatic carbocycles. The van der Waals surface area contributed by atoms with Gasteiger partial charge in [0.25, 0.3) is 0 Å². The second-order valence-electron chi connectivity index (χ2n) is 7.83. The van der Waals surface area contributed by atoms with E-state index in [0.29, 0.717) is 19.4 Å². The molecule has 10 heteroatoms. The minimum atomic E-state index is -1.15. The Bertz CT molecular complexity index is 559. The number of hydrogen-bond donors (Lipinski definition) is 6. The van der Waals surface area contributed by atoms with Gasteiger partial charge in [0, 0.05) is 0 Å². The second kappa shape index (κ2) is 11.6. The molecule has 0 spiro atoms. The summed E-state index contributed by atoms with van der Waals surface area (Å²) in [6.45, 7) is 8.37. The van der Waals surface area contributed by atoms with Crippen LogP contribution in [-0.2, 0) is 19.2 Å². The van der Waals surface area contributed by atoms with Crippen LogP contribution in [0.25, 0.3) is 0 Å². The van der Waals surface area contributed by atoms with Gasteiger partial charge in [0.1, 0.15) is 18.1 Å². The van der Waals surface area contributed by atoms with Crippen LogP contribution in [0.15, 0.2) is 0 Å². The highest BCUT2D eigenvalue weighted by molar-refractivity contribution is 5.94. The SMILES string of the molecule is CC(C)[C@H](NC(=O)[C@H](C)NC(=O)C(C)(C)N)C(=O)N[C@@H](CCCCN)C(=O)O. The number of unbranched alkanes of at least 4 members (excludes halogenated alkanes) is 1. The van der Waals surface area contributed by atoms with Gasteiger partial charge in [-0.3, -0.25) is 14.4 Å². The Labute approximate surface area is 166 Å². The summed E-state index contributed by atoms with van der Waals surface area (Å²) in [5.74, 6) is -3.12. The average molecular weight is 402 g/mol. The van der Waals surface area contributed by atoms with Crippen LogP contribution in [-0.4, -0.2) is 59.0 Å². The van der Waals surface area contributed by atoms with Crippen molar-refractivity contribution in [1.82, 2.24) is 16.0 Å². The van der Waals surface area contributed by atoms with E-state index in [2.05, 4.69) is 16.0 Å². The molecule has 0 fully saturated rings. The van der Waals surface area contributed by atoms with Crippen molar-refractivity contribution >= 4 is 23.7 Å². The summed E-state index contributed by atoms with van der Waals surface area (Å²) in [4.78, 5) is 48.2. The third-order valence-corrected chi connectivity index (χ3v) is 4.13. The van der Waals surface area contributed by atoms with Gasteiger partial charge in [-0.1, -0.05) is 13.8 Å². The molecule has 8 N–H and O–H groups in total. The first-order chi connectivity index (χ1) is 12.8. The third-order valence-electron chi connectivity index (χ3n) is 4.13. The predicted molar refractivity (Wildman–Crippen MR) is 105 cm³/mol. The van der Waals surface area contributed by atoms with E-state index in [0.717, 1.165) is 0 Å². The quantitative estimate of drug-likeness (QED) is 0.229. The van der Waals surface area contributed by atoms with E-state index in [1.807, 2.05) is 0 Å². The number of rotatable bonds is 12. The first-order valence-electron chi connectivity index (χ1n) is 9.44. The molecule has 0 unspecified atom stereocenters. The van der Waals surface area contributed by atoms with Gasteiger partial charge in [0.15, 0.2) is 0 Å². The molecular weight excluding hydrogens is 366 g/mol. The van der Waals surface area contributed by atoms with Crippen LogP contribution in [0.2, 0.25) is 0 Å². The monoisotopic (exact) mass is 401 g/mol. The summed E-state index contributed by atoms with van der Waals surface area (Å²) in [6, 6.07) is -2.93. The van der Waals surface area contributed by atoms with E-state index < -0.39 is 47.4 Å². The molecule has 0 saturated heterocycles. The van der Waals surface area contributed by atoms with Crippen LogP contribution < -0.4 is 27.4 Å². The molecule has 0 radical (unpaired) electrons. The van der Waals surface area contributed by atoms with Crippen LogP contribution >= 0.6 is 0 Å². The molecule has 162 valence electrons. The molecule has 0 aliphatic rings. The molecule has 3 amide bonds. The molecule has 0 aromatic carbocycles. The van der Waals surface area contributed by atoms with E-state index in [9.17, 15) is 24.3 Å². The molecule has 0 rings (SSSR count). The second-order valence-corrected chi connectivity index (χ2v) is 7.83. The van der Waals surface area contributed by atoms with Crippen molar-refractivity contribution in [2.75, 3.05) is 6.54 Å². The minimum absolute atomic E-state index is 0.245. The molecule has 0 bridgehead atoms. The highest BCUT2D eigenvalue weighted by atomic mass is 16.4. The molecular formula is C18H35N5O5. The van der Waals surface area contributed by atoms with Crippen LogP contribution in [0.1, 0.15) is 53.9 Å². The Morgan fingerprint density at radius 2 is 1.54 bits per heavy atom. The number of carboxylic acids is 1. The first-order valence-corrected chi connectivity index (χ1v) is 9.44. The summed E-state index contributed by atoms with van der Waals surface area (Å²) >= 11 is 0. The molecule has 0 aromatic rings. The summed E-state index contributed by atoms with van der Waals surface area (Å²) in [5.41, 5.74) is 9.94. The van der Waals surface area contributed by atoms with Gasteiger partial charge in [0.05, 0.1) is 5.54 Å². The van der Waals surface area contributed by atoms with Gasteiger partial charge in [0.2, 0.25) is 17.7 Å². The average Bonchev–Trinajstić information content (AvgIpc) is 2.56. The Balaban J connectivity index is 4.99. The number of nitrogens with two attached hydrogens (primary N) is 2. The first kappa shape index (κ1) is 25.8. The Morgan fingerprint density at radius 3 is 1.96 bits per heavy atom. The van der Waals surface area contributed by atoms with Crippen LogP contribution in [0.3, 0.4) is 0 Å². The van der Waals surface area contributed by atoms with Crippen LogP contribution in [0, 0.1) is 5.92 Å². The zero-order chi connectivity index (χ0) is 22.1. The van der Waals surface area contributed by atoms with E-state index in [1.54, 1.807) is 13.8 Å². The number of aliphatic carboxylic acids is 1. The lowest BCUT2D eigenvalue weighted by atomic mass is 10.0. The fourth-order valence-corrected chi connectivity index (χ4v) is 2.27. The molecule has 10 nitrogen and oxygen atoms in total. The van der Waals surface area contributed by atoms with Gasteiger partial charge in [-0.2, -0.15) is 0 Å². The van der Waals surface area contributed by atoms with Crippen molar-refractivity contribution in [2.45, 2.75) is 77.5 Å². The Morgan fingerprint density at radius 1 is 0.964 bits per heavy atom. The summed E-state index contributed by atoms with van der Waals surface area (Å²) < 4.78 is 0. The molecule has 0 aromatic heterocycles. The lowest BCUT2D eigenvalue weighted by Gasteiger charge is -2.26. The largest absolute Gasteiger partial charge is 0.480 e. The summed E-state index contributed by atoms with van der Waals surface area (Å²) in [5, 5.41) is 16.8. The van der Waals surface area contributed by atoms with Gasteiger partial charge in [-0.25, -0.2) is 4.79 Å². The van der Waals surface area contributed by atoms with Crippen LogP contribution in [0.5, 0.6) is 0 Å². The highest BCUT2D eigenvalue weighted by Gasteiger charge is 2.31. The molecule has 28 heavy (non-hydrogen) atoms. The van der Waals surface area contributed by atoms with Crippen molar-refractivity contribution in [3.05, 3.63) is 0 Å². The van der Waals surface area contributed by atoms with E-state index in [4.69, 9.17) is 11.5 Å². The van der Waals surface area contributed by atoms with E-state index >= 15 is 0 Å². The minimum Gasteiger partial charge on any atom is -0.480 e. The van der Waals surface area contributed by atoms with Gasteiger partial charge >= 0.3 is 5.97 Å². The van der Waals surface area contributed by atoms with Crippen molar-refractivity contribution in [3.8, 4) is 0 Å². The predicted octanol–water partition coefficient (Wildman–Crippen LogP) is -0.932. The van der Waals surface area contributed by atoms with E-state index in [-0.39, 0.29) is 12.3 Å². The maximum Gasteiger partial charge on any atom is 0.326 e. The number of amides is 3. The zero-order valence-electron chi connectivity index (χ0n) is 17.4. The fraction of sp³-hybridized carbons (Fsp3) is 0.778. The number of hydrogen-bond acceptors (Lipinski definition) is 6. The van der Waals surface area contributed by atoms with Crippen molar-refractivity contribution in [1.29, 1.82) is 0 Å². The molecule has 0 saturated carbocycles. The Kier molecular flexibility index (Phi) is 10.7. The number of carbonyl (C=O) groups excluding carboxylic acids is 3. The topological polar surface area (TPSA) is 177 Å². The smallest absolute Gasteiger partial charge is 0.326 e. The molecule has 0 aliphatic heterocycles. The number of carboxylic acid groups (broad SMARTS) is 1. The normalized spacial score (nSPS) is 14.7. The Hall–Kier alpha value is -2.20. The number of nitrogens with one attached hydrogen (secondary N) is 3. The molecule has 3 atom stereocenters. The van der Waals surface area contributed by atoms with E-state index in [1.165, 1.54) is 20.8 Å². The van der Waals surface area contributed by atoms with Crippen molar-refractivity contribution in [3.63, 3.8) is 0 Å². The summed E-state index contributed by atoms with van der Waals surface area (Å²) in [6.07, 6.45) is 1.46. The highest BCUT2D eigenvalue weighted by Crippen LogP contribution is 2.06. The maximum atomic E-state index is 12.6. The molecule has 0 heterocycles. The van der Waals surface area contributed by atoms with Crippen molar-refractivity contribution in [2.24, 2.45) is 17.4 Å². The lowest BCUT2D eigenvalue weighted by Crippen LogP contribution is -2.59. The fourth-order valence-electron chi connectivity index (χ4n) is 2.27.